The Balaban J connectivity index is 1.98. The molecule has 0 saturated carbocycles. The predicted molar refractivity (Wildman–Crippen MR) is 96.5 cm³/mol. The van der Waals surface area contributed by atoms with Gasteiger partial charge in [-0.25, -0.2) is 5.48 Å². The molecule has 2 rings (SSSR count). The summed E-state index contributed by atoms with van der Waals surface area (Å²) in [6.07, 6.45) is 5.29. The summed E-state index contributed by atoms with van der Waals surface area (Å²) in [5.41, 5.74) is 3.73. The second-order valence-corrected chi connectivity index (χ2v) is 7.33. The molecule has 0 radical (unpaired) electrons. The van der Waals surface area contributed by atoms with Crippen molar-refractivity contribution in [1.82, 2.24) is 10.2 Å². The number of hydrogen-bond donors (Lipinski definition) is 3. The summed E-state index contributed by atoms with van der Waals surface area (Å²) >= 11 is 1.80. The van der Waals surface area contributed by atoms with Gasteiger partial charge in [0.15, 0.2) is 0 Å². The highest BCUT2D eigenvalue weighted by molar-refractivity contribution is 7.98. The molecule has 1 amide bonds. The van der Waals surface area contributed by atoms with Gasteiger partial charge in [0.1, 0.15) is 0 Å². The van der Waals surface area contributed by atoms with Crippen LogP contribution in [0.15, 0.2) is 30.3 Å². The van der Waals surface area contributed by atoms with E-state index in [1.165, 1.54) is 6.08 Å². The number of benzene rings is 1. The Hall–Kier alpha value is -1.50. The largest absolute Gasteiger partial charge is 0.371 e. The van der Waals surface area contributed by atoms with Crippen LogP contribution in [0, 0.1) is 0 Å². The minimum Gasteiger partial charge on any atom is -0.371 e. The van der Waals surface area contributed by atoms with Crippen molar-refractivity contribution in [2.45, 2.75) is 38.0 Å². The van der Waals surface area contributed by atoms with Crippen molar-refractivity contribution in [3.8, 4) is 0 Å². The number of rotatable bonds is 6. The standard InChI is InChI=1S/C17H25N3O2S/c1-13(2)23-19-15-9-11-20(12-10-15)16-6-4-3-5-14(16)7-8-17(21)18-22/h3-8,13,15,19,22H,9-12H2,1-2H3,(H,18,21)/b8-7+. The molecule has 0 aromatic heterocycles. The van der Waals surface area contributed by atoms with Crippen LogP contribution in [0.25, 0.3) is 6.08 Å². The third kappa shape index (κ3) is 5.57. The first-order valence-electron chi connectivity index (χ1n) is 7.97. The number of hydroxylamine groups is 1. The first-order valence-corrected chi connectivity index (χ1v) is 8.85. The van der Waals surface area contributed by atoms with Gasteiger partial charge in [-0.15, -0.1) is 0 Å². The Bertz CT molecular complexity index is 540. The predicted octanol–water partition coefficient (Wildman–Crippen LogP) is 2.82. The molecular weight excluding hydrogens is 310 g/mol. The average molecular weight is 335 g/mol. The van der Waals surface area contributed by atoms with Crippen LogP contribution < -0.4 is 15.1 Å². The zero-order chi connectivity index (χ0) is 16.7. The summed E-state index contributed by atoms with van der Waals surface area (Å²) in [6.45, 7) is 6.37. The topological polar surface area (TPSA) is 64.6 Å². The van der Waals surface area contributed by atoms with Crippen molar-refractivity contribution < 1.29 is 10.0 Å². The van der Waals surface area contributed by atoms with Gasteiger partial charge in [-0.2, -0.15) is 0 Å². The fourth-order valence-corrected chi connectivity index (χ4v) is 3.29. The van der Waals surface area contributed by atoms with Crippen molar-refractivity contribution >= 4 is 29.6 Å². The molecule has 5 nitrogen and oxygen atoms in total. The third-order valence-electron chi connectivity index (χ3n) is 3.77. The van der Waals surface area contributed by atoms with Gasteiger partial charge in [-0.1, -0.05) is 44.0 Å². The maximum Gasteiger partial charge on any atom is 0.267 e. The van der Waals surface area contributed by atoms with Crippen molar-refractivity contribution in [3.05, 3.63) is 35.9 Å². The monoisotopic (exact) mass is 335 g/mol. The van der Waals surface area contributed by atoms with E-state index in [0.29, 0.717) is 11.3 Å². The van der Waals surface area contributed by atoms with E-state index in [0.717, 1.165) is 37.2 Å². The van der Waals surface area contributed by atoms with Crippen LogP contribution >= 0.6 is 11.9 Å². The van der Waals surface area contributed by atoms with E-state index in [1.807, 2.05) is 18.2 Å². The molecule has 1 heterocycles. The molecule has 1 aromatic rings. The first kappa shape index (κ1) is 17.8. The zero-order valence-electron chi connectivity index (χ0n) is 13.7. The van der Waals surface area contributed by atoms with Crippen LogP contribution in [0.2, 0.25) is 0 Å². The van der Waals surface area contributed by atoms with Crippen molar-refractivity contribution in [1.29, 1.82) is 0 Å². The molecule has 1 aliphatic rings. The number of carbonyl (C=O) groups is 1. The Labute approximate surface area is 142 Å². The molecule has 23 heavy (non-hydrogen) atoms. The second-order valence-electron chi connectivity index (χ2n) is 5.91. The summed E-state index contributed by atoms with van der Waals surface area (Å²) in [5.74, 6) is -0.520. The first-order chi connectivity index (χ1) is 11.1. The minimum absolute atomic E-state index is 0.520. The fourth-order valence-electron chi connectivity index (χ4n) is 2.59. The Morgan fingerprint density at radius 2 is 2.04 bits per heavy atom. The van der Waals surface area contributed by atoms with E-state index in [9.17, 15) is 4.79 Å². The lowest BCUT2D eigenvalue weighted by atomic mass is 10.0. The second kappa shape index (κ2) is 8.96. The van der Waals surface area contributed by atoms with Crippen molar-refractivity contribution in [3.63, 3.8) is 0 Å². The lowest BCUT2D eigenvalue weighted by Crippen LogP contribution is -2.41. The number of nitrogens with zero attached hydrogens (tertiary/aromatic N) is 1. The molecule has 0 atom stereocenters. The zero-order valence-corrected chi connectivity index (χ0v) is 14.5. The number of para-hydroxylation sites is 1. The summed E-state index contributed by atoms with van der Waals surface area (Å²) < 4.78 is 3.55. The van der Waals surface area contributed by atoms with E-state index < -0.39 is 5.91 Å². The Kier molecular flexibility index (Phi) is 6.95. The summed E-state index contributed by atoms with van der Waals surface area (Å²) in [5, 5.41) is 9.17. The van der Waals surface area contributed by atoms with Gasteiger partial charge in [-0.3, -0.25) is 14.7 Å². The molecule has 0 unspecified atom stereocenters. The van der Waals surface area contributed by atoms with E-state index >= 15 is 0 Å². The number of carbonyl (C=O) groups excluding carboxylic acids is 1. The van der Waals surface area contributed by atoms with E-state index in [-0.39, 0.29) is 0 Å². The Morgan fingerprint density at radius 3 is 2.70 bits per heavy atom. The number of nitrogens with one attached hydrogen (secondary N) is 2. The highest BCUT2D eigenvalue weighted by Crippen LogP contribution is 2.26. The van der Waals surface area contributed by atoms with Gasteiger partial charge >= 0.3 is 0 Å². The number of amides is 1. The molecule has 1 fully saturated rings. The molecule has 1 saturated heterocycles. The van der Waals surface area contributed by atoms with Gasteiger partial charge in [0, 0.05) is 36.1 Å². The molecule has 3 N–H and O–H groups in total. The number of anilines is 1. The SMILES string of the molecule is CC(C)SNC1CCN(c2ccccc2/C=C/C(=O)NO)CC1. The molecule has 126 valence electrons. The van der Waals surface area contributed by atoms with E-state index in [4.69, 9.17) is 5.21 Å². The highest BCUT2D eigenvalue weighted by atomic mass is 32.2. The van der Waals surface area contributed by atoms with Crippen LogP contribution in [-0.2, 0) is 4.79 Å². The van der Waals surface area contributed by atoms with Crippen LogP contribution in [0.4, 0.5) is 5.69 Å². The molecule has 6 heteroatoms. The van der Waals surface area contributed by atoms with E-state index in [2.05, 4.69) is 29.5 Å². The lowest BCUT2D eigenvalue weighted by molar-refractivity contribution is -0.124. The molecule has 1 aromatic carbocycles. The number of hydrogen-bond acceptors (Lipinski definition) is 5. The van der Waals surface area contributed by atoms with Gasteiger partial charge in [0.25, 0.3) is 5.91 Å². The third-order valence-corrected chi connectivity index (χ3v) is 4.71. The van der Waals surface area contributed by atoms with Crippen molar-refractivity contribution in [2.75, 3.05) is 18.0 Å². The van der Waals surface area contributed by atoms with Crippen LogP contribution in [0.5, 0.6) is 0 Å². The summed E-state index contributed by atoms with van der Waals surface area (Å²) in [6, 6.07) is 8.58. The van der Waals surface area contributed by atoms with Crippen molar-refractivity contribution in [2.24, 2.45) is 0 Å². The van der Waals surface area contributed by atoms with Crippen LogP contribution in [-0.4, -0.2) is 35.5 Å². The van der Waals surface area contributed by atoms with Gasteiger partial charge in [0.2, 0.25) is 0 Å². The molecule has 1 aliphatic heterocycles. The van der Waals surface area contributed by atoms with Gasteiger partial charge < -0.3 is 4.90 Å². The summed E-state index contributed by atoms with van der Waals surface area (Å²) in [7, 11) is 0. The van der Waals surface area contributed by atoms with E-state index in [1.54, 1.807) is 23.5 Å². The molecule has 0 aliphatic carbocycles. The van der Waals surface area contributed by atoms with Crippen LogP contribution in [0.1, 0.15) is 32.3 Å². The smallest absolute Gasteiger partial charge is 0.267 e. The van der Waals surface area contributed by atoms with Gasteiger partial charge in [0.05, 0.1) is 0 Å². The van der Waals surface area contributed by atoms with Crippen LogP contribution in [0.3, 0.4) is 0 Å². The molecule has 0 spiro atoms. The maximum absolute atomic E-state index is 11.2. The fraction of sp³-hybridized carbons (Fsp3) is 0.471. The number of piperidine rings is 1. The molecule has 0 bridgehead atoms. The highest BCUT2D eigenvalue weighted by Gasteiger charge is 2.20. The Morgan fingerprint density at radius 1 is 1.35 bits per heavy atom. The normalized spacial score (nSPS) is 16.3. The maximum atomic E-state index is 11.2. The quantitative estimate of drug-likeness (QED) is 0.323. The molecular formula is C17H25N3O2S. The van der Waals surface area contributed by atoms with Gasteiger partial charge in [-0.05, 0) is 30.5 Å². The summed E-state index contributed by atoms with van der Waals surface area (Å²) in [4.78, 5) is 13.5. The lowest BCUT2D eigenvalue weighted by Gasteiger charge is -2.35. The minimum atomic E-state index is -0.520. The average Bonchev–Trinajstić information content (AvgIpc) is 2.58.